The number of hydrogen-bond donors (Lipinski definition) is 1. The van der Waals surface area contributed by atoms with Gasteiger partial charge in [0.25, 0.3) is 5.91 Å². The van der Waals surface area contributed by atoms with Gasteiger partial charge in [-0.2, -0.15) is 0 Å². The lowest BCUT2D eigenvalue weighted by molar-refractivity contribution is 0.0942. The fourth-order valence-electron chi connectivity index (χ4n) is 1.69. The van der Waals surface area contributed by atoms with E-state index in [1.165, 1.54) is 18.6 Å². The third-order valence-electron chi connectivity index (χ3n) is 2.68. The predicted octanol–water partition coefficient (Wildman–Crippen LogP) is 1.46. The summed E-state index contributed by atoms with van der Waals surface area (Å²) in [6.45, 7) is 0.134. The summed E-state index contributed by atoms with van der Waals surface area (Å²) in [6.07, 6.45) is 4.34. The van der Waals surface area contributed by atoms with Crippen LogP contribution < -0.4 is 5.32 Å². The molecular weight excluding hydrogens is 270 g/mol. The third kappa shape index (κ3) is 3.08. The number of nitrogens with one attached hydrogen (secondary N) is 1. The number of aromatic nitrogens is 4. The molecule has 2 aromatic heterocycles. The maximum atomic E-state index is 11.8. The summed E-state index contributed by atoms with van der Waals surface area (Å²) in [6, 6.07) is 9.41. The molecule has 1 amide bonds. The number of nitrogens with zero attached hydrogens (tertiary/aromatic N) is 4. The van der Waals surface area contributed by atoms with Crippen molar-refractivity contribution in [1.29, 1.82) is 0 Å². The Bertz CT molecular complexity index is 727. The van der Waals surface area contributed by atoms with E-state index in [0.717, 1.165) is 5.56 Å². The van der Waals surface area contributed by atoms with E-state index < -0.39 is 0 Å². The molecule has 0 aliphatic heterocycles. The first-order chi connectivity index (χ1) is 10.3. The number of hydrogen-bond acceptors (Lipinski definition) is 6. The van der Waals surface area contributed by atoms with Crippen LogP contribution in [0, 0.1) is 0 Å². The Morgan fingerprint density at radius 3 is 2.76 bits per heavy atom. The van der Waals surface area contributed by atoms with Gasteiger partial charge in [0.15, 0.2) is 0 Å². The van der Waals surface area contributed by atoms with Crippen molar-refractivity contribution in [2.24, 2.45) is 0 Å². The van der Waals surface area contributed by atoms with Crippen molar-refractivity contribution in [2.45, 2.75) is 6.54 Å². The summed E-state index contributed by atoms with van der Waals surface area (Å²) >= 11 is 0. The Morgan fingerprint density at radius 2 is 2.00 bits per heavy atom. The minimum Gasteiger partial charge on any atom is -0.419 e. The second-order valence-corrected chi connectivity index (χ2v) is 4.14. The first kappa shape index (κ1) is 12.9. The van der Waals surface area contributed by atoms with E-state index in [2.05, 4.69) is 25.5 Å². The fourth-order valence-corrected chi connectivity index (χ4v) is 1.69. The summed E-state index contributed by atoms with van der Waals surface area (Å²) in [7, 11) is 0. The van der Waals surface area contributed by atoms with E-state index in [0.29, 0.717) is 11.8 Å². The van der Waals surface area contributed by atoms with Gasteiger partial charge in [-0.05, 0) is 12.1 Å². The molecule has 21 heavy (non-hydrogen) atoms. The highest BCUT2D eigenvalue weighted by Crippen LogP contribution is 2.16. The average Bonchev–Trinajstić information content (AvgIpc) is 3.03. The topological polar surface area (TPSA) is 93.8 Å². The van der Waals surface area contributed by atoms with E-state index in [1.807, 2.05) is 30.3 Å². The van der Waals surface area contributed by atoms with Gasteiger partial charge in [-0.1, -0.05) is 18.2 Å². The quantitative estimate of drug-likeness (QED) is 0.778. The summed E-state index contributed by atoms with van der Waals surface area (Å²) in [5.74, 6) is 0.396. The SMILES string of the molecule is O=C(NCc1nnc(-c2ccccc2)o1)c1cnccn1. The minimum absolute atomic E-state index is 0.134. The highest BCUT2D eigenvalue weighted by Gasteiger charge is 2.11. The van der Waals surface area contributed by atoms with Crippen molar-refractivity contribution < 1.29 is 9.21 Å². The second kappa shape index (κ2) is 5.91. The molecule has 1 N–H and O–H groups in total. The Kier molecular flexibility index (Phi) is 3.64. The Morgan fingerprint density at radius 1 is 1.14 bits per heavy atom. The van der Waals surface area contributed by atoms with Crippen LogP contribution >= 0.6 is 0 Å². The number of benzene rings is 1. The molecule has 0 radical (unpaired) electrons. The van der Waals surface area contributed by atoms with Gasteiger partial charge in [0.2, 0.25) is 11.8 Å². The summed E-state index contributed by atoms with van der Waals surface area (Å²) < 4.78 is 5.48. The van der Waals surface area contributed by atoms with Crippen LogP contribution in [0.15, 0.2) is 53.3 Å². The Hall–Kier alpha value is -3.09. The Labute approximate surface area is 120 Å². The van der Waals surface area contributed by atoms with E-state index in [-0.39, 0.29) is 18.1 Å². The first-order valence-electron chi connectivity index (χ1n) is 6.25. The van der Waals surface area contributed by atoms with Crippen LogP contribution in [0.1, 0.15) is 16.4 Å². The molecule has 2 heterocycles. The molecule has 0 aliphatic carbocycles. The number of carbonyl (C=O) groups excluding carboxylic acids is 1. The zero-order valence-corrected chi connectivity index (χ0v) is 10.9. The van der Waals surface area contributed by atoms with Gasteiger partial charge in [0.1, 0.15) is 5.69 Å². The van der Waals surface area contributed by atoms with E-state index in [9.17, 15) is 4.79 Å². The van der Waals surface area contributed by atoms with Crippen molar-refractivity contribution in [3.63, 3.8) is 0 Å². The molecule has 3 aromatic rings. The number of amides is 1. The van der Waals surface area contributed by atoms with Gasteiger partial charge in [-0.15, -0.1) is 10.2 Å². The standard InChI is InChI=1S/C14H11N5O2/c20-13(11-8-15-6-7-16-11)17-9-12-18-19-14(21-12)10-4-2-1-3-5-10/h1-8H,9H2,(H,17,20). The van der Waals surface area contributed by atoms with Gasteiger partial charge in [-0.25, -0.2) is 4.98 Å². The van der Waals surface area contributed by atoms with Crippen LogP contribution in [-0.2, 0) is 6.54 Å². The molecule has 0 spiro atoms. The van der Waals surface area contributed by atoms with Crippen LogP contribution in [0.2, 0.25) is 0 Å². The van der Waals surface area contributed by atoms with Crippen molar-refractivity contribution in [3.05, 3.63) is 60.5 Å². The molecule has 1 aromatic carbocycles. The lowest BCUT2D eigenvalue weighted by Gasteiger charge is -2.00. The fraction of sp³-hybridized carbons (Fsp3) is 0.0714. The van der Waals surface area contributed by atoms with Crippen molar-refractivity contribution in [2.75, 3.05) is 0 Å². The number of carbonyl (C=O) groups is 1. The third-order valence-corrected chi connectivity index (χ3v) is 2.68. The lowest BCUT2D eigenvalue weighted by Crippen LogP contribution is -2.24. The molecule has 0 unspecified atom stereocenters. The number of rotatable bonds is 4. The zero-order valence-electron chi connectivity index (χ0n) is 10.9. The molecule has 0 bridgehead atoms. The van der Waals surface area contributed by atoms with E-state index in [1.54, 1.807) is 0 Å². The monoisotopic (exact) mass is 281 g/mol. The molecule has 0 saturated carbocycles. The molecule has 7 heteroatoms. The lowest BCUT2D eigenvalue weighted by atomic mass is 10.2. The maximum Gasteiger partial charge on any atom is 0.271 e. The highest BCUT2D eigenvalue weighted by molar-refractivity contribution is 5.91. The first-order valence-corrected chi connectivity index (χ1v) is 6.25. The molecular formula is C14H11N5O2. The highest BCUT2D eigenvalue weighted by atomic mass is 16.4. The van der Waals surface area contributed by atoms with E-state index >= 15 is 0 Å². The van der Waals surface area contributed by atoms with Crippen molar-refractivity contribution >= 4 is 5.91 Å². The van der Waals surface area contributed by atoms with Crippen molar-refractivity contribution in [3.8, 4) is 11.5 Å². The summed E-state index contributed by atoms with van der Waals surface area (Å²) in [5, 5.41) is 10.5. The summed E-state index contributed by atoms with van der Waals surface area (Å²) in [4.78, 5) is 19.5. The van der Waals surface area contributed by atoms with Gasteiger partial charge in [0.05, 0.1) is 12.7 Å². The molecule has 7 nitrogen and oxygen atoms in total. The maximum absolute atomic E-state index is 11.8. The average molecular weight is 281 g/mol. The van der Waals surface area contributed by atoms with Gasteiger partial charge in [-0.3, -0.25) is 9.78 Å². The Balaban J connectivity index is 1.64. The van der Waals surface area contributed by atoms with Gasteiger partial charge in [0, 0.05) is 18.0 Å². The van der Waals surface area contributed by atoms with Crippen LogP contribution in [0.4, 0.5) is 0 Å². The van der Waals surface area contributed by atoms with Crippen LogP contribution in [0.5, 0.6) is 0 Å². The minimum atomic E-state index is -0.345. The smallest absolute Gasteiger partial charge is 0.271 e. The van der Waals surface area contributed by atoms with Gasteiger partial charge >= 0.3 is 0 Å². The van der Waals surface area contributed by atoms with Crippen molar-refractivity contribution in [1.82, 2.24) is 25.5 Å². The normalized spacial score (nSPS) is 10.3. The molecule has 104 valence electrons. The van der Waals surface area contributed by atoms with Crippen LogP contribution in [-0.4, -0.2) is 26.1 Å². The molecule has 0 fully saturated rings. The van der Waals surface area contributed by atoms with Crippen LogP contribution in [0.25, 0.3) is 11.5 Å². The molecule has 3 rings (SSSR count). The van der Waals surface area contributed by atoms with E-state index in [4.69, 9.17) is 4.42 Å². The molecule has 0 saturated heterocycles. The molecule has 0 aliphatic rings. The second-order valence-electron chi connectivity index (χ2n) is 4.14. The van der Waals surface area contributed by atoms with Crippen LogP contribution in [0.3, 0.4) is 0 Å². The summed E-state index contributed by atoms with van der Waals surface area (Å²) in [5.41, 5.74) is 1.07. The predicted molar refractivity (Wildman–Crippen MR) is 72.9 cm³/mol. The molecule has 0 atom stereocenters. The zero-order chi connectivity index (χ0) is 14.5. The largest absolute Gasteiger partial charge is 0.419 e. The van der Waals surface area contributed by atoms with Gasteiger partial charge < -0.3 is 9.73 Å².